The Labute approximate surface area is 103 Å². The van der Waals surface area contributed by atoms with Gasteiger partial charge in [0, 0.05) is 0 Å². The molecule has 94 valence electrons. The highest BCUT2D eigenvalue weighted by molar-refractivity contribution is 5.18. The van der Waals surface area contributed by atoms with Gasteiger partial charge < -0.3 is 0 Å². The van der Waals surface area contributed by atoms with Crippen molar-refractivity contribution in [1.82, 2.24) is 0 Å². The van der Waals surface area contributed by atoms with Gasteiger partial charge in [0.2, 0.25) is 0 Å². The predicted molar refractivity (Wildman–Crippen MR) is 73.6 cm³/mol. The summed E-state index contributed by atoms with van der Waals surface area (Å²) in [7, 11) is 0. The van der Waals surface area contributed by atoms with Gasteiger partial charge >= 0.3 is 0 Å². The topological polar surface area (TPSA) is 0 Å². The Kier molecular flexibility index (Phi) is 5.08. The molecule has 0 aromatic carbocycles. The fourth-order valence-corrected chi connectivity index (χ4v) is 3.00. The van der Waals surface area contributed by atoms with E-state index in [0.717, 1.165) is 5.92 Å². The first kappa shape index (κ1) is 13.8. The van der Waals surface area contributed by atoms with Crippen molar-refractivity contribution < 1.29 is 0 Å². The van der Waals surface area contributed by atoms with Crippen LogP contribution in [0, 0.1) is 11.3 Å². The molecule has 0 N–H and O–H groups in total. The molecule has 0 saturated heterocycles. The van der Waals surface area contributed by atoms with Gasteiger partial charge in [0.1, 0.15) is 0 Å². The minimum Gasteiger partial charge on any atom is -0.0741 e. The number of unbranched alkanes of at least 4 members (excludes halogenated alkanes) is 2. The van der Waals surface area contributed by atoms with Crippen LogP contribution in [0.15, 0.2) is 11.1 Å². The van der Waals surface area contributed by atoms with Gasteiger partial charge in [0.05, 0.1) is 0 Å². The molecule has 0 heteroatoms. The molecule has 0 amide bonds. The van der Waals surface area contributed by atoms with E-state index >= 15 is 0 Å². The van der Waals surface area contributed by atoms with Crippen molar-refractivity contribution in [3.05, 3.63) is 11.1 Å². The van der Waals surface area contributed by atoms with Crippen molar-refractivity contribution in [2.75, 3.05) is 0 Å². The smallest absolute Gasteiger partial charge is 0.0152 e. The zero-order valence-electron chi connectivity index (χ0n) is 12.0. The summed E-state index contributed by atoms with van der Waals surface area (Å²) in [6.07, 6.45) is 9.66. The molecule has 1 aliphatic carbocycles. The summed E-state index contributed by atoms with van der Waals surface area (Å²) < 4.78 is 0. The molecule has 0 aromatic heterocycles. The SMILES string of the molecule is CCCCCC(C)=C(C)C(CC)C1(C)CC1. The Hall–Kier alpha value is -0.260. The van der Waals surface area contributed by atoms with Gasteiger partial charge in [-0.1, -0.05) is 44.8 Å². The largest absolute Gasteiger partial charge is 0.0741 e. The Morgan fingerprint density at radius 1 is 1.12 bits per heavy atom. The molecule has 1 fully saturated rings. The molecule has 1 aliphatic rings. The number of hydrogen-bond donors (Lipinski definition) is 0. The van der Waals surface area contributed by atoms with Gasteiger partial charge in [-0.15, -0.1) is 0 Å². The van der Waals surface area contributed by atoms with E-state index in [0.29, 0.717) is 5.41 Å². The van der Waals surface area contributed by atoms with Gasteiger partial charge in [0.25, 0.3) is 0 Å². The minimum atomic E-state index is 0.658. The molecule has 1 unspecified atom stereocenters. The van der Waals surface area contributed by atoms with Crippen LogP contribution in [0.5, 0.6) is 0 Å². The zero-order valence-corrected chi connectivity index (χ0v) is 12.0. The predicted octanol–water partition coefficient (Wildman–Crippen LogP) is 5.73. The molecule has 1 atom stereocenters. The molecule has 1 rings (SSSR count). The minimum absolute atomic E-state index is 0.658. The fraction of sp³-hybridized carbons (Fsp3) is 0.875. The van der Waals surface area contributed by atoms with Crippen LogP contribution < -0.4 is 0 Å². The fourth-order valence-electron chi connectivity index (χ4n) is 3.00. The third-order valence-corrected chi connectivity index (χ3v) is 4.64. The van der Waals surface area contributed by atoms with Crippen molar-refractivity contribution >= 4 is 0 Å². The number of hydrogen-bond acceptors (Lipinski definition) is 0. The lowest BCUT2D eigenvalue weighted by Gasteiger charge is -2.25. The zero-order chi connectivity index (χ0) is 12.2. The lowest BCUT2D eigenvalue weighted by Crippen LogP contribution is -2.14. The van der Waals surface area contributed by atoms with Gasteiger partial charge in [0.15, 0.2) is 0 Å². The summed E-state index contributed by atoms with van der Waals surface area (Å²) in [5.41, 5.74) is 4.04. The van der Waals surface area contributed by atoms with Crippen molar-refractivity contribution in [2.45, 2.75) is 79.6 Å². The van der Waals surface area contributed by atoms with E-state index in [4.69, 9.17) is 0 Å². The van der Waals surface area contributed by atoms with Crippen molar-refractivity contribution in [3.8, 4) is 0 Å². The maximum atomic E-state index is 2.48. The maximum absolute atomic E-state index is 2.48. The average molecular weight is 222 g/mol. The molecule has 16 heavy (non-hydrogen) atoms. The van der Waals surface area contributed by atoms with Crippen LogP contribution in [0.3, 0.4) is 0 Å². The quantitative estimate of drug-likeness (QED) is 0.381. The van der Waals surface area contributed by atoms with Crippen LogP contribution >= 0.6 is 0 Å². The monoisotopic (exact) mass is 222 g/mol. The first-order valence-corrected chi connectivity index (χ1v) is 7.21. The normalized spacial score (nSPS) is 21.6. The molecular weight excluding hydrogens is 192 g/mol. The summed E-state index contributed by atoms with van der Waals surface area (Å²) in [6.45, 7) is 11.9. The molecule has 1 saturated carbocycles. The van der Waals surface area contributed by atoms with Crippen LogP contribution in [0.2, 0.25) is 0 Å². The summed E-state index contributed by atoms with van der Waals surface area (Å²) in [4.78, 5) is 0. The molecule has 0 bridgehead atoms. The third kappa shape index (κ3) is 3.37. The summed E-state index contributed by atoms with van der Waals surface area (Å²) in [5.74, 6) is 0.856. The molecule has 0 nitrogen and oxygen atoms in total. The highest BCUT2D eigenvalue weighted by Gasteiger charge is 2.44. The number of rotatable bonds is 7. The first-order chi connectivity index (χ1) is 7.55. The average Bonchev–Trinajstić information content (AvgIpc) is 2.98. The Morgan fingerprint density at radius 3 is 2.19 bits per heavy atom. The molecule has 0 aromatic rings. The lowest BCUT2D eigenvalue weighted by atomic mass is 9.80. The van der Waals surface area contributed by atoms with Crippen molar-refractivity contribution in [3.63, 3.8) is 0 Å². The first-order valence-electron chi connectivity index (χ1n) is 7.21. The van der Waals surface area contributed by atoms with Gasteiger partial charge in [-0.05, 0) is 57.3 Å². The van der Waals surface area contributed by atoms with Crippen LogP contribution in [-0.2, 0) is 0 Å². The second kappa shape index (κ2) is 5.89. The third-order valence-electron chi connectivity index (χ3n) is 4.64. The summed E-state index contributed by atoms with van der Waals surface area (Å²) in [6, 6.07) is 0. The van der Waals surface area contributed by atoms with Crippen LogP contribution in [0.25, 0.3) is 0 Å². The summed E-state index contributed by atoms with van der Waals surface area (Å²) >= 11 is 0. The van der Waals surface area contributed by atoms with E-state index < -0.39 is 0 Å². The van der Waals surface area contributed by atoms with E-state index in [1.165, 1.54) is 44.9 Å². The van der Waals surface area contributed by atoms with Crippen LogP contribution in [-0.4, -0.2) is 0 Å². The molecule has 0 spiro atoms. The van der Waals surface area contributed by atoms with Crippen molar-refractivity contribution in [2.24, 2.45) is 11.3 Å². The highest BCUT2D eigenvalue weighted by Crippen LogP contribution is 2.55. The summed E-state index contributed by atoms with van der Waals surface area (Å²) in [5, 5.41) is 0. The molecule has 0 heterocycles. The van der Waals surface area contributed by atoms with Gasteiger partial charge in [-0.25, -0.2) is 0 Å². The van der Waals surface area contributed by atoms with Gasteiger partial charge in [-0.2, -0.15) is 0 Å². The van der Waals surface area contributed by atoms with E-state index in [2.05, 4.69) is 34.6 Å². The highest BCUT2D eigenvalue weighted by atomic mass is 14.5. The standard InChI is InChI=1S/C16H30/c1-6-8-9-10-13(3)14(4)15(7-2)16(5)11-12-16/h15H,6-12H2,1-5H3. The van der Waals surface area contributed by atoms with Gasteiger partial charge in [-0.3, -0.25) is 0 Å². The van der Waals surface area contributed by atoms with E-state index in [1.807, 2.05) is 0 Å². The second-order valence-electron chi connectivity index (χ2n) is 6.04. The van der Waals surface area contributed by atoms with Crippen LogP contribution in [0.4, 0.5) is 0 Å². The molecule has 0 aliphatic heterocycles. The Morgan fingerprint density at radius 2 is 1.75 bits per heavy atom. The molecular formula is C16H30. The van der Waals surface area contributed by atoms with E-state index in [9.17, 15) is 0 Å². The van der Waals surface area contributed by atoms with E-state index in [1.54, 1.807) is 11.1 Å². The lowest BCUT2D eigenvalue weighted by molar-refractivity contribution is 0.372. The van der Waals surface area contributed by atoms with Crippen molar-refractivity contribution in [1.29, 1.82) is 0 Å². The maximum Gasteiger partial charge on any atom is -0.0152 e. The second-order valence-corrected chi connectivity index (χ2v) is 6.04. The number of allylic oxidation sites excluding steroid dienone is 2. The molecule has 0 radical (unpaired) electrons. The Balaban J connectivity index is 2.57. The Bertz CT molecular complexity index is 243. The van der Waals surface area contributed by atoms with E-state index in [-0.39, 0.29) is 0 Å². The van der Waals surface area contributed by atoms with Crippen LogP contribution in [0.1, 0.15) is 79.6 Å².